The second-order valence-corrected chi connectivity index (χ2v) is 8.57. The fourth-order valence-corrected chi connectivity index (χ4v) is 4.87. The lowest BCUT2D eigenvalue weighted by atomic mass is 9.86. The highest BCUT2D eigenvalue weighted by Crippen LogP contribution is 2.43. The minimum atomic E-state index is 1.20. The van der Waals surface area contributed by atoms with Crippen LogP contribution in [0.5, 0.6) is 0 Å². The van der Waals surface area contributed by atoms with Crippen LogP contribution in [0.25, 0.3) is 56.0 Å². The van der Waals surface area contributed by atoms with Gasteiger partial charge in [0.05, 0.1) is 0 Å². The average Bonchev–Trinajstić information content (AvgIpc) is 2.92. The van der Waals surface area contributed by atoms with E-state index in [9.17, 15) is 0 Å². The van der Waals surface area contributed by atoms with Crippen LogP contribution in [0, 0.1) is 0 Å². The summed E-state index contributed by atoms with van der Waals surface area (Å²) in [7, 11) is 0. The van der Waals surface area contributed by atoms with Crippen LogP contribution in [-0.4, -0.2) is 0 Å². The normalized spacial score (nSPS) is 11.4. The summed E-state index contributed by atoms with van der Waals surface area (Å²) in [6.07, 6.45) is 4.34. The van der Waals surface area contributed by atoms with Crippen LogP contribution in [0.2, 0.25) is 0 Å². The molecule has 0 radical (unpaired) electrons. The molecule has 0 spiro atoms. The monoisotopic (exact) mass is 432 g/mol. The zero-order valence-corrected chi connectivity index (χ0v) is 18.9. The largest absolute Gasteiger partial charge is 0.0622 e. The molecule has 6 rings (SSSR count). The summed E-state index contributed by atoms with van der Waals surface area (Å²) < 4.78 is 0. The molecule has 0 bridgehead atoms. The van der Waals surface area contributed by atoms with E-state index in [1.807, 2.05) is 6.07 Å². The quantitative estimate of drug-likeness (QED) is 0.192. The Bertz CT molecular complexity index is 1550. The number of fused-ring (bicyclic) bond motifs is 2. The third-order valence-electron chi connectivity index (χ3n) is 6.46. The molecule has 0 fully saturated rings. The molecule has 0 saturated heterocycles. The van der Waals surface area contributed by atoms with Gasteiger partial charge in [-0.2, -0.15) is 0 Å². The first-order chi connectivity index (χ1) is 16.9. The Morgan fingerprint density at radius 3 is 1.12 bits per heavy atom. The molecule has 0 atom stereocenters. The van der Waals surface area contributed by atoms with Crippen LogP contribution in [0.3, 0.4) is 0 Å². The molecule has 6 aromatic carbocycles. The molecule has 6 aromatic rings. The molecular weight excluding hydrogens is 408 g/mol. The minimum absolute atomic E-state index is 1.20. The van der Waals surface area contributed by atoms with Gasteiger partial charge in [0.25, 0.3) is 0 Å². The molecule has 0 aliphatic carbocycles. The molecule has 0 heterocycles. The molecule has 0 nitrogen and oxygen atoms in total. The van der Waals surface area contributed by atoms with E-state index in [1.54, 1.807) is 0 Å². The fraction of sp³-hybridized carbons (Fsp3) is 0. The van der Waals surface area contributed by atoms with Gasteiger partial charge < -0.3 is 0 Å². The number of benzene rings is 6. The SMILES string of the molecule is C(=C/c1ccc(-c2c3ccccc3c(-c3ccccc3)c3ccccc23)cc1)/c1ccccc1. The van der Waals surface area contributed by atoms with E-state index in [0.29, 0.717) is 0 Å². The van der Waals surface area contributed by atoms with E-state index in [-0.39, 0.29) is 0 Å². The van der Waals surface area contributed by atoms with Gasteiger partial charge in [0.1, 0.15) is 0 Å². The lowest BCUT2D eigenvalue weighted by Gasteiger charge is -2.17. The van der Waals surface area contributed by atoms with Gasteiger partial charge in [-0.25, -0.2) is 0 Å². The van der Waals surface area contributed by atoms with Crippen LogP contribution >= 0.6 is 0 Å². The van der Waals surface area contributed by atoms with Gasteiger partial charge in [-0.05, 0) is 54.9 Å². The summed E-state index contributed by atoms with van der Waals surface area (Å²) in [5, 5.41) is 5.14. The lowest BCUT2D eigenvalue weighted by Crippen LogP contribution is -1.90. The predicted molar refractivity (Wildman–Crippen MR) is 148 cm³/mol. The van der Waals surface area contributed by atoms with Crippen molar-refractivity contribution in [3.05, 3.63) is 145 Å². The van der Waals surface area contributed by atoms with Gasteiger partial charge in [-0.3, -0.25) is 0 Å². The summed E-state index contributed by atoms with van der Waals surface area (Å²) in [6.45, 7) is 0. The van der Waals surface area contributed by atoms with Gasteiger partial charge in [0.15, 0.2) is 0 Å². The van der Waals surface area contributed by atoms with Crippen molar-refractivity contribution in [3.63, 3.8) is 0 Å². The van der Waals surface area contributed by atoms with Gasteiger partial charge in [0.2, 0.25) is 0 Å². The highest BCUT2D eigenvalue weighted by atomic mass is 14.2. The van der Waals surface area contributed by atoms with Crippen LogP contribution in [0.4, 0.5) is 0 Å². The molecule has 0 aliphatic rings. The van der Waals surface area contributed by atoms with Crippen molar-refractivity contribution in [3.8, 4) is 22.3 Å². The Labute approximate surface area is 200 Å². The Balaban J connectivity index is 1.53. The van der Waals surface area contributed by atoms with Gasteiger partial charge in [-0.1, -0.05) is 146 Å². The molecule has 0 N–H and O–H groups in total. The Morgan fingerprint density at radius 1 is 0.294 bits per heavy atom. The molecule has 34 heavy (non-hydrogen) atoms. The number of rotatable bonds is 4. The van der Waals surface area contributed by atoms with Crippen molar-refractivity contribution < 1.29 is 0 Å². The van der Waals surface area contributed by atoms with Crippen LogP contribution in [0.1, 0.15) is 11.1 Å². The topological polar surface area (TPSA) is 0 Å². The second-order valence-electron chi connectivity index (χ2n) is 8.57. The predicted octanol–water partition coefficient (Wildman–Crippen LogP) is 9.50. The van der Waals surface area contributed by atoms with Gasteiger partial charge >= 0.3 is 0 Å². The average molecular weight is 433 g/mol. The molecule has 0 unspecified atom stereocenters. The smallest absolute Gasteiger partial charge is 0.00264 e. The van der Waals surface area contributed by atoms with Crippen molar-refractivity contribution in [1.82, 2.24) is 0 Å². The second kappa shape index (κ2) is 8.84. The van der Waals surface area contributed by atoms with Crippen molar-refractivity contribution in [1.29, 1.82) is 0 Å². The van der Waals surface area contributed by atoms with Gasteiger partial charge in [-0.15, -0.1) is 0 Å². The maximum atomic E-state index is 2.26. The Morgan fingerprint density at radius 2 is 0.647 bits per heavy atom. The first kappa shape index (κ1) is 20.2. The zero-order valence-electron chi connectivity index (χ0n) is 18.9. The standard InChI is InChI=1S/C34H24/c1-3-11-25(12-4-1)19-20-26-21-23-28(24-22-26)34-31-17-9-7-15-29(31)33(27-13-5-2-6-14-27)30-16-8-10-18-32(30)34/h1-24H/b20-19-. The molecule has 0 aromatic heterocycles. The van der Waals surface area contributed by atoms with E-state index in [0.717, 1.165) is 0 Å². The number of hydrogen-bond donors (Lipinski definition) is 0. The first-order valence-electron chi connectivity index (χ1n) is 11.7. The zero-order chi connectivity index (χ0) is 22.7. The van der Waals surface area contributed by atoms with E-state index in [2.05, 4.69) is 140 Å². The van der Waals surface area contributed by atoms with Gasteiger partial charge in [0, 0.05) is 0 Å². The maximum Gasteiger partial charge on any atom is -0.00264 e. The summed E-state index contributed by atoms with van der Waals surface area (Å²) >= 11 is 0. The maximum absolute atomic E-state index is 2.26. The lowest BCUT2D eigenvalue weighted by molar-refractivity contribution is 1.63. The van der Waals surface area contributed by atoms with Crippen LogP contribution in [-0.2, 0) is 0 Å². The molecular formula is C34H24. The third kappa shape index (κ3) is 3.70. The van der Waals surface area contributed by atoms with Crippen molar-refractivity contribution in [2.45, 2.75) is 0 Å². The minimum Gasteiger partial charge on any atom is -0.0622 e. The molecule has 0 saturated carbocycles. The summed E-state index contributed by atoms with van der Waals surface area (Å²) in [4.78, 5) is 0. The summed E-state index contributed by atoms with van der Waals surface area (Å²) in [5.41, 5.74) is 7.50. The van der Waals surface area contributed by atoms with Crippen LogP contribution in [0.15, 0.2) is 133 Å². The molecule has 0 amide bonds. The van der Waals surface area contributed by atoms with E-state index in [4.69, 9.17) is 0 Å². The van der Waals surface area contributed by atoms with E-state index < -0.39 is 0 Å². The summed E-state index contributed by atoms with van der Waals surface area (Å²) in [6, 6.07) is 47.7. The molecule has 160 valence electrons. The highest BCUT2D eigenvalue weighted by Gasteiger charge is 2.15. The van der Waals surface area contributed by atoms with E-state index in [1.165, 1.54) is 54.9 Å². The van der Waals surface area contributed by atoms with Crippen molar-refractivity contribution in [2.75, 3.05) is 0 Å². The first-order valence-corrected chi connectivity index (χ1v) is 11.7. The van der Waals surface area contributed by atoms with Crippen molar-refractivity contribution in [2.24, 2.45) is 0 Å². The van der Waals surface area contributed by atoms with Crippen molar-refractivity contribution >= 4 is 33.7 Å². The van der Waals surface area contributed by atoms with Crippen LogP contribution < -0.4 is 0 Å². The van der Waals surface area contributed by atoms with E-state index >= 15 is 0 Å². The number of hydrogen-bond acceptors (Lipinski definition) is 0. The third-order valence-corrected chi connectivity index (χ3v) is 6.46. The fourth-order valence-electron chi connectivity index (χ4n) is 4.87. The molecule has 0 aliphatic heterocycles. The Kier molecular flexibility index (Phi) is 5.26. The highest BCUT2D eigenvalue weighted by molar-refractivity contribution is 6.21. The Hall–Kier alpha value is -4.42. The summed E-state index contributed by atoms with van der Waals surface area (Å²) in [5.74, 6) is 0. The molecule has 0 heteroatoms.